The van der Waals surface area contributed by atoms with Crippen LogP contribution in [0, 0.1) is 0 Å². The van der Waals surface area contributed by atoms with E-state index in [2.05, 4.69) is 25.5 Å². The number of nitrogens with zero attached hydrogens (tertiary/aromatic N) is 2. The van der Waals surface area contributed by atoms with Crippen molar-refractivity contribution in [3.63, 3.8) is 0 Å². The van der Waals surface area contributed by atoms with Gasteiger partial charge in [-0.15, -0.1) is 0 Å². The van der Waals surface area contributed by atoms with Crippen molar-refractivity contribution in [2.24, 2.45) is 0 Å². The van der Waals surface area contributed by atoms with E-state index >= 15 is 0 Å². The zero-order chi connectivity index (χ0) is 23.4. The van der Waals surface area contributed by atoms with E-state index in [1.807, 2.05) is 43.5 Å². The van der Waals surface area contributed by atoms with E-state index in [0.29, 0.717) is 5.69 Å². The molecule has 9 nitrogen and oxygen atoms in total. The van der Waals surface area contributed by atoms with Crippen molar-refractivity contribution in [2.45, 2.75) is 38.6 Å². The van der Waals surface area contributed by atoms with Gasteiger partial charge in [0, 0.05) is 36.2 Å². The molecular formula is C24H30N6O3. The molecular weight excluding hydrogens is 420 g/mol. The lowest BCUT2D eigenvalue weighted by atomic mass is 9.98. The lowest BCUT2D eigenvalue weighted by Gasteiger charge is -2.33. The molecule has 0 bridgehead atoms. The molecule has 174 valence electrons. The summed E-state index contributed by atoms with van der Waals surface area (Å²) in [6.45, 7) is 5.47. The van der Waals surface area contributed by atoms with Gasteiger partial charge in [0.2, 0.25) is 5.91 Å². The number of fused-ring (bicyclic) bond motifs is 1. The normalized spacial score (nSPS) is 15.3. The first kappa shape index (κ1) is 22.4. The van der Waals surface area contributed by atoms with Crippen LogP contribution in [-0.2, 0) is 9.53 Å². The first-order valence-corrected chi connectivity index (χ1v) is 11.3. The molecule has 1 aromatic carbocycles. The van der Waals surface area contributed by atoms with Gasteiger partial charge in [0.25, 0.3) is 0 Å². The second-order valence-electron chi connectivity index (χ2n) is 8.23. The number of anilines is 3. The second-order valence-corrected chi connectivity index (χ2v) is 8.23. The fraction of sp³-hybridized carbons (Fsp3) is 0.375. The molecule has 1 aliphatic heterocycles. The molecule has 0 aliphatic carbocycles. The van der Waals surface area contributed by atoms with Crippen molar-refractivity contribution in [1.29, 1.82) is 0 Å². The molecule has 3 aromatic rings. The third-order valence-electron chi connectivity index (χ3n) is 6.07. The molecule has 1 saturated heterocycles. The average Bonchev–Trinajstić information content (AvgIpc) is 3.25. The number of ether oxygens (including phenoxy) is 1. The summed E-state index contributed by atoms with van der Waals surface area (Å²) in [4.78, 5) is 34.3. The Labute approximate surface area is 192 Å². The van der Waals surface area contributed by atoms with Crippen molar-refractivity contribution in [3.8, 4) is 0 Å². The molecule has 1 fully saturated rings. The highest BCUT2D eigenvalue weighted by Gasteiger charge is 2.25. The number of aromatic amines is 1. The Kier molecular flexibility index (Phi) is 6.67. The molecule has 5 N–H and O–H groups in total. The minimum atomic E-state index is -0.558. The van der Waals surface area contributed by atoms with Crippen LogP contribution in [0.2, 0.25) is 0 Å². The van der Waals surface area contributed by atoms with Crippen LogP contribution in [0.5, 0.6) is 0 Å². The number of nitrogens with two attached hydrogens (primary N) is 1. The fourth-order valence-corrected chi connectivity index (χ4v) is 4.20. The first-order chi connectivity index (χ1) is 16.0. The Morgan fingerprint density at radius 2 is 2.00 bits per heavy atom. The largest absolute Gasteiger partial charge is 0.450 e. The Hall–Kier alpha value is -3.75. The Bertz CT molecular complexity index is 1140. The standard InChI is InChI=1S/C24H30N6O3/c1-3-33-24(32)28-20-8-9-21(29-22(20)25)30-12-10-16(11-13-30)27-23(31)15(2)18-14-26-19-7-5-4-6-17(18)19/h4-9,14-16,26H,3,10-13H2,1-2H3,(H2,25,29)(H,27,31)(H,28,32). The van der Waals surface area contributed by atoms with Gasteiger partial charge in [0.05, 0.1) is 18.2 Å². The lowest BCUT2D eigenvalue weighted by molar-refractivity contribution is -0.123. The third kappa shape index (κ3) is 5.02. The van der Waals surface area contributed by atoms with Gasteiger partial charge in [-0.1, -0.05) is 18.2 Å². The van der Waals surface area contributed by atoms with Crippen molar-refractivity contribution >= 4 is 40.2 Å². The van der Waals surface area contributed by atoms with Crippen molar-refractivity contribution in [1.82, 2.24) is 15.3 Å². The number of nitrogen functional groups attached to an aromatic ring is 1. The molecule has 2 amide bonds. The molecule has 1 atom stereocenters. The van der Waals surface area contributed by atoms with Crippen LogP contribution in [-0.4, -0.2) is 47.7 Å². The zero-order valence-corrected chi connectivity index (χ0v) is 18.9. The van der Waals surface area contributed by atoms with E-state index in [1.54, 1.807) is 13.0 Å². The lowest BCUT2D eigenvalue weighted by Crippen LogP contribution is -2.46. The smallest absolute Gasteiger partial charge is 0.411 e. The Morgan fingerprint density at radius 3 is 2.73 bits per heavy atom. The van der Waals surface area contributed by atoms with Crippen molar-refractivity contribution in [2.75, 3.05) is 35.6 Å². The number of rotatable bonds is 6. The van der Waals surface area contributed by atoms with Gasteiger partial charge in [-0.05, 0) is 50.5 Å². The van der Waals surface area contributed by atoms with Gasteiger partial charge in [0.1, 0.15) is 11.6 Å². The Morgan fingerprint density at radius 1 is 1.24 bits per heavy atom. The minimum Gasteiger partial charge on any atom is -0.450 e. The highest BCUT2D eigenvalue weighted by molar-refractivity contribution is 5.92. The quantitative estimate of drug-likeness (QED) is 0.455. The summed E-state index contributed by atoms with van der Waals surface area (Å²) in [6, 6.07) is 11.7. The number of carbonyl (C=O) groups excluding carboxylic acids is 2. The maximum Gasteiger partial charge on any atom is 0.411 e. The number of hydrogen-bond acceptors (Lipinski definition) is 6. The summed E-state index contributed by atoms with van der Waals surface area (Å²) >= 11 is 0. The van der Waals surface area contributed by atoms with Crippen molar-refractivity contribution < 1.29 is 14.3 Å². The number of para-hydroxylation sites is 1. The maximum atomic E-state index is 12.9. The molecule has 33 heavy (non-hydrogen) atoms. The van der Waals surface area contributed by atoms with E-state index in [-0.39, 0.29) is 30.3 Å². The number of benzene rings is 1. The van der Waals surface area contributed by atoms with Gasteiger partial charge in [-0.2, -0.15) is 0 Å². The highest BCUT2D eigenvalue weighted by atomic mass is 16.5. The summed E-state index contributed by atoms with van der Waals surface area (Å²) in [7, 11) is 0. The predicted octanol–water partition coefficient (Wildman–Crippen LogP) is 3.60. The number of H-pyrrole nitrogens is 1. The number of nitrogens with one attached hydrogen (secondary N) is 3. The van der Waals surface area contributed by atoms with Crippen LogP contribution in [0.1, 0.15) is 38.2 Å². The predicted molar refractivity (Wildman–Crippen MR) is 129 cm³/mol. The number of piperidine rings is 1. The average molecular weight is 451 g/mol. The number of pyridine rings is 1. The third-order valence-corrected chi connectivity index (χ3v) is 6.07. The van der Waals surface area contributed by atoms with Crippen LogP contribution >= 0.6 is 0 Å². The molecule has 1 unspecified atom stereocenters. The van der Waals surface area contributed by atoms with Gasteiger partial charge in [0.15, 0.2) is 0 Å². The van der Waals surface area contributed by atoms with Gasteiger partial charge in [-0.25, -0.2) is 9.78 Å². The van der Waals surface area contributed by atoms with E-state index in [0.717, 1.165) is 48.2 Å². The van der Waals surface area contributed by atoms with Crippen LogP contribution in [0.3, 0.4) is 0 Å². The molecule has 0 spiro atoms. The minimum absolute atomic E-state index is 0.0370. The van der Waals surface area contributed by atoms with Crippen molar-refractivity contribution in [3.05, 3.63) is 48.2 Å². The number of aromatic nitrogens is 2. The molecule has 2 aromatic heterocycles. The maximum absolute atomic E-state index is 12.9. The van der Waals surface area contributed by atoms with E-state index < -0.39 is 6.09 Å². The second kappa shape index (κ2) is 9.81. The van der Waals surface area contributed by atoms with E-state index in [9.17, 15) is 9.59 Å². The number of carbonyl (C=O) groups is 2. The molecule has 0 radical (unpaired) electrons. The van der Waals surface area contributed by atoms with Gasteiger partial charge >= 0.3 is 6.09 Å². The van der Waals surface area contributed by atoms with E-state index in [4.69, 9.17) is 10.5 Å². The molecule has 4 rings (SSSR count). The van der Waals surface area contributed by atoms with Crippen LogP contribution < -0.4 is 21.3 Å². The molecule has 3 heterocycles. The summed E-state index contributed by atoms with van der Waals surface area (Å²) < 4.78 is 4.87. The van der Waals surface area contributed by atoms with E-state index in [1.165, 1.54) is 0 Å². The summed E-state index contributed by atoms with van der Waals surface area (Å²) in [5, 5.41) is 6.88. The summed E-state index contributed by atoms with van der Waals surface area (Å²) in [5.74, 6) is 0.789. The number of amides is 2. The molecule has 0 saturated carbocycles. The van der Waals surface area contributed by atoms with Gasteiger partial charge < -0.3 is 25.7 Å². The summed E-state index contributed by atoms with van der Waals surface area (Å²) in [5.41, 5.74) is 8.49. The SMILES string of the molecule is CCOC(=O)Nc1ccc(N2CCC(NC(=O)C(C)c3c[nH]c4ccccc34)CC2)nc1N. The topological polar surface area (TPSA) is 125 Å². The highest BCUT2D eigenvalue weighted by Crippen LogP contribution is 2.27. The monoisotopic (exact) mass is 450 g/mol. The zero-order valence-electron chi connectivity index (χ0n) is 18.9. The molecule has 1 aliphatic rings. The molecule has 9 heteroatoms. The van der Waals surface area contributed by atoms with Crippen LogP contribution in [0.4, 0.5) is 22.1 Å². The van der Waals surface area contributed by atoms with Crippen LogP contribution in [0.25, 0.3) is 10.9 Å². The number of hydrogen-bond donors (Lipinski definition) is 4. The van der Waals surface area contributed by atoms with Crippen LogP contribution in [0.15, 0.2) is 42.6 Å². The fourth-order valence-electron chi connectivity index (χ4n) is 4.20. The Balaban J connectivity index is 1.32. The van der Waals surface area contributed by atoms with Gasteiger partial charge in [-0.3, -0.25) is 10.1 Å². The first-order valence-electron chi connectivity index (χ1n) is 11.3. The summed E-state index contributed by atoms with van der Waals surface area (Å²) in [6.07, 6.45) is 3.00.